The highest BCUT2D eigenvalue weighted by Gasteiger charge is 2.91. The molecule has 0 amide bonds. The number of ether oxygens (including phenoxy) is 3. The van der Waals surface area contributed by atoms with Crippen molar-refractivity contribution in [3.8, 4) is 11.5 Å². The van der Waals surface area contributed by atoms with E-state index in [1.807, 2.05) is 36.4 Å². The third-order valence-corrected chi connectivity index (χ3v) is 6.35. The van der Waals surface area contributed by atoms with E-state index in [9.17, 15) is 15.3 Å². The number of aliphatic hydroxyl groups excluding tert-OH is 3. The minimum absolute atomic E-state index is 0.337. The van der Waals surface area contributed by atoms with Gasteiger partial charge in [-0.05, 0) is 36.4 Å². The van der Waals surface area contributed by atoms with Crippen LogP contribution in [0.3, 0.4) is 0 Å². The fraction of sp³-hybridized carbons (Fsp3) is 0.400. The van der Waals surface area contributed by atoms with Crippen LogP contribution in [0.2, 0.25) is 0 Å². The van der Waals surface area contributed by atoms with E-state index in [1.54, 1.807) is 6.08 Å². The summed E-state index contributed by atoms with van der Waals surface area (Å²) in [4.78, 5) is 0. The smallest absolute Gasteiger partial charge is 0.306 e. The maximum Gasteiger partial charge on any atom is 0.306 e. The van der Waals surface area contributed by atoms with Crippen LogP contribution in [-0.2, 0) is 4.74 Å². The SMILES string of the molecule is O[C@@H]1CC[C@@H](O)[C@@]23O[C@@]12[C@@H](O)C=CC31Oc2cccc3cccc(c23)O1. The summed E-state index contributed by atoms with van der Waals surface area (Å²) in [5.74, 6) is -0.205. The molecule has 1 saturated carbocycles. The van der Waals surface area contributed by atoms with E-state index in [1.165, 1.54) is 6.08 Å². The molecule has 2 fully saturated rings. The van der Waals surface area contributed by atoms with E-state index in [0.717, 1.165) is 10.8 Å². The van der Waals surface area contributed by atoms with E-state index in [4.69, 9.17) is 14.2 Å². The summed E-state index contributed by atoms with van der Waals surface area (Å²) in [7, 11) is 0. The van der Waals surface area contributed by atoms with Gasteiger partial charge in [-0.2, -0.15) is 0 Å². The average molecular weight is 354 g/mol. The van der Waals surface area contributed by atoms with Gasteiger partial charge in [-0.3, -0.25) is 0 Å². The van der Waals surface area contributed by atoms with Crippen molar-refractivity contribution < 1.29 is 29.5 Å². The first kappa shape index (κ1) is 15.0. The number of epoxide rings is 1. The molecule has 26 heavy (non-hydrogen) atoms. The number of aliphatic hydroxyl groups is 3. The van der Waals surface area contributed by atoms with Gasteiger partial charge >= 0.3 is 5.79 Å². The van der Waals surface area contributed by atoms with Gasteiger partial charge < -0.3 is 29.5 Å². The van der Waals surface area contributed by atoms with Gasteiger partial charge in [0.25, 0.3) is 0 Å². The van der Waals surface area contributed by atoms with Crippen LogP contribution in [0.5, 0.6) is 11.5 Å². The largest absolute Gasteiger partial charge is 0.445 e. The first-order valence-corrected chi connectivity index (χ1v) is 8.88. The molecular formula is C20H18O6. The Morgan fingerprint density at radius 3 is 2.23 bits per heavy atom. The van der Waals surface area contributed by atoms with Crippen LogP contribution in [0.15, 0.2) is 48.6 Å². The van der Waals surface area contributed by atoms with Crippen molar-refractivity contribution >= 4 is 10.8 Å². The first-order valence-electron chi connectivity index (χ1n) is 8.88. The molecule has 6 rings (SSSR count). The van der Waals surface area contributed by atoms with Crippen molar-refractivity contribution in [2.45, 2.75) is 48.1 Å². The van der Waals surface area contributed by atoms with Crippen molar-refractivity contribution in [3.05, 3.63) is 48.6 Å². The molecule has 5 atom stereocenters. The summed E-state index contributed by atoms with van der Waals surface area (Å²) in [6.07, 6.45) is 0.926. The van der Waals surface area contributed by atoms with Gasteiger partial charge in [0.2, 0.25) is 5.60 Å². The number of benzene rings is 2. The minimum atomic E-state index is -1.45. The quantitative estimate of drug-likeness (QED) is 0.487. The van der Waals surface area contributed by atoms with E-state index < -0.39 is 35.3 Å². The highest BCUT2D eigenvalue weighted by Crippen LogP contribution is 2.68. The zero-order chi connectivity index (χ0) is 17.7. The predicted octanol–water partition coefficient (Wildman–Crippen LogP) is 1.26. The van der Waals surface area contributed by atoms with Crippen LogP contribution in [0.1, 0.15) is 12.8 Å². The molecular weight excluding hydrogens is 336 g/mol. The summed E-state index contributed by atoms with van der Waals surface area (Å²) in [6, 6.07) is 11.4. The van der Waals surface area contributed by atoms with Crippen LogP contribution in [0, 0.1) is 0 Å². The minimum Gasteiger partial charge on any atom is -0.445 e. The van der Waals surface area contributed by atoms with Crippen molar-refractivity contribution in [1.82, 2.24) is 0 Å². The van der Waals surface area contributed by atoms with Gasteiger partial charge in [0, 0.05) is 6.08 Å². The second kappa shape index (κ2) is 4.40. The van der Waals surface area contributed by atoms with E-state index >= 15 is 0 Å². The number of hydrogen-bond donors (Lipinski definition) is 3. The van der Waals surface area contributed by atoms with Crippen molar-refractivity contribution in [2.75, 3.05) is 0 Å². The van der Waals surface area contributed by atoms with Crippen molar-refractivity contribution in [3.63, 3.8) is 0 Å². The summed E-state index contributed by atoms with van der Waals surface area (Å²) in [5, 5.41) is 33.9. The van der Waals surface area contributed by atoms with E-state index in [2.05, 4.69) is 0 Å². The molecule has 2 heterocycles. The standard InChI is InChI=1S/C20H18O6/c21-14-7-8-16(23)20-18(10-9-15(22)19(14,20)26-20)24-12-5-1-3-11-4-2-6-13(25-18)17(11)12/h1-6,9-10,14-16,21-23H,7-8H2/t14-,15+,16-,19-,20+/m1/s1. The van der Waals surface area contributed by atoms with Gasteiger partial charge in [-0.15, -0.1) is 0 Å². The lowest BCUT2D eigenvalue weighted by molar-refractivity contribution is -0.177. The van der Waals surface area contributed by atoms with Crippen LogP contribution >= 0.6 is 0 Å². The maximum absolute atomic E-state index is 10.9. The third kappa shape index (κ3) is 1.39. The predicted molar refractivity (Wildman–Crippen MR) is 90.9 cm³/mol. The van der Waals surface area contributed by atoms with Gasteiger partial charge in [-0.1, -0.05) is 24.3 Å². The summed E-state index contributed by atoms with van der Waals surface area (Å²) < 4.78 is 18.6. The zero-order valence-corrected chi connectivity index (χ0v) is 13.8. The van der Waals surface area contributed by atoms with Gasteiger partial charge in [0.05, 0.1) is 17.6 Å². The lowest BCUT2D eigenvalue weighted by Crippen LogP contribution is -2.70. The Hall–Kier alpha value is -2.12. The molecule has 6 nitrogen and oxygen atoms in total. The third-order valence-electron chi connectivity index (χ3n) is 6.35. The van der Waals surface area contributed by atoms with Gasteiger partial charge in [-0.25, -0.2) is 0 Å². The molecule has 2 aromatic rings. The Kier molecular flexibility index (Phi) is 2.54. The maximum atomic E-state index is 10.9. The van der Waals surface area contributed by atoms with Crippen LogP contribution in [-0.4, -0.2) is 50.6 Å². The van der Waals surface area contributed by atoms with Crippen molar-refractivity contribution in [1.29, 1.82) is 0 Å². The lowest BCUT2D eigenvalue weighted by Gasteiger charge is -2.48. The molecule has 134 valence electrons. The molecule has 2 aliphatic carbocycles. The molecule has 2 aliphatic heterocycles. The van der Waals surface area contributed by atoms with E-state index in [-0.39, 0.29) is 0 Å². The highest BCUT2D eigenvalue weighted by atomic mass is 16.8. The monoisotopic (exact) mass is 354 g/mol. The Labute approximate surface area is 149 Å². The number of hydrogen-bond acceptors (Lipinski definition) is 6. The summed E-state index contributed by atoms with van der Waals surface area (Å²) >= 11 is 0. The fourth-order valence-corrected chi connectivity index (χ4v) is 5.17. The molecule has 0 radical (unpaired) electrons. The average Bonchev–Trinajstić information content (AvgIpc) is 3.39. The lowest BCUT2D eigenvalue weighted by atomic mass is 9.66. The highest BCUT2D eigenvalue weighted by molar-refractivity contribution is 5.94. The topological polar surface area (TPSA) is 91.7 Å². The van der Waals surface area contributed by atoms with Crippen LogP contribution in [0.4, 0.5) is 0 Å². The van der Waals surface area contributed by atoms with Crippen LogP contribution in [0.25, 0.3) is 10.8 Å². The molecule has 0 unspecified atom stereocenters. The summed E-state index contributed by atoms with van der Waals surface area (Å²) in [6.45, 7) is 0. The first-order chi connectivity index (χ1) is 12.5. The Bertz CT molecular complexity index is 929. The van der Waals surface area contributed by atoms with Crippen molar-refractivity contribution in [2.24, 2.45) is 0 Å². The zero-order valence-electron chi connectivity index (χ0n) is 13.8. The molecule has 1 spiro atoms. The summed E-state index contributed by atoms with van der Waals surface area (Å²) in [5.41, 5.74) is -2.68. The fourth-order valence-electron chi connectivity index (χ4n) is 5.17. The molecule has 6 heteroatoms. The molecule has 2 aromatic carbocycles. The molecule has 3 N–H and O–H groups in total. The molecule has 1 saturated heterocycles. The molecule has 4 aliphatic rings. The number of rotatable bonds is 0. The Morgan fingerprint density at radius 1 is 0.885 bits per heavy atom. The Balaban J connectivity index is 1.59. The normalized spacial score (nSPS) is 41.1. The Morgan fingerprint density at radius 2 is 1.54 bits per heavy atom. The van der Waals surface area contributed by atoms with Crippen LogP contribution < -0.4 is 9.47 Å². The second-order valence-corrected chi connectivity index (χ2v) is 7.53. The van der Waals surface area contributed by atoms with E-state index in [0.29, 0.717) is 24.3 Å². The molecule has 0 aromatic heterocycles. The second-order valence-electron chi connectivity index (χ2n) is 7.53. The van der Waals surface area contributed by atoms with Gasteiger partial charge in [0.15, 0.2) is 5.60 Å². The van der Waals surface area contributed by atoms with Gasteiger partial charge in [0.1, 0.15) is 17.6 Å². The molecule has 0 bridgehead atoms.